The molecule has 5 aromatic rings. The van der Waals surface area contributed by atoms with Crippen molar-refractivity contribution in [3.8, 4) is 17.3 Å². The van der Waals surface area contributed by atoms with E-state index >= 15 is 0 Å². The number of hydrogen-bond donors (Lipinski definition) is 1. The smallest absolute Gasteiger partial charge is 0.242 e. The van der Waals surface area contributed by atoms with E-state index in [1.807, 2.05) is 34.9 Å². The van der Waals surface area contributed by atoms with Gasteiger partial charge in [-0.1, -0.05) is 54.6 Å². The van der Waals surface area contributed by atoms with Crippen LogP contribution in [0.1, 0.15) is 34.3 Å². The van der Waals surface area contributed by atoms with Crippen molar-refractivity contribution in [2.24, 2.45) is 0 Å². The first kappa shape index (κ1) is 24.7. The van der Waals surface area contributed by atoms with Crippen molar-refractivity contribution in [3.63, 3.8) is 0 Å². The molecule has 0 aliphatic carbocycles. The van der Waals surface area contributed by atoms with Crippen molar-refractivity contribution in [3.05, 3.63) is 135 Å². The maximum absolute atomic E-state index is 13.9. The summed E-state index contributed by atoms with van der Waals surface area (Å²) in [5, 5.41) is 14.6. The van der Waals surface area contributed by atoms with Gasteiger partial charge in [-0.3, -0.25) is 9.48 Å². The van der Waals surface area contributed by atoms with Crippen molar-refractivity contribution in [1.29, 1.82) is 0 Å². The number of fused-ring (bicyclic) bond motifs is 3. The van der Waals surface area contributed by atoms with Gasteiger partial charge in [-0.2, -0.15) is 5.10 Å². The van der Waals surface area contributed by atoms with E-state index in [0.29, 0.717) is 23.8 Å². The maximum atomic E-state index is 13.9. The third-order valence-corrected chi connectivity index (χ3v) is 7.03. The van der Waals surface area contributed by atoms with Crippen molar-refractivity contribution in [1.82, 2.24) is 19.3 Å². The topological polar surface area (TPSA) is 82.2 Å². The molecule has 3 heterocycles. The zero-order valence-electron chi connectivity index (χ0n) is 20.7. The normalized spacial score (nSPS) is 14.2. The average molecular weight is 527 g/mol. The minimum absolute atomic E-state index is 0.0897. The molecule has 2 aromatic heterocycles. The number of benzene rings is 3. The van der Waals surface area contributed by atoms with Crippen molar-refractivity contribution < 1.29 is 18.6 Å². The first-order chi connectivity index (χ1) is 19.0. The Morgan fingerprint density at radius 2 is 1.56 bits per heavy atom. The van der Waals surface area contributed by atoms with Crippen LogP contribution in [0.15, 0.2) is 96.1 Å². The number of rotatable bonds is 7. The zero-order valence-corrected chi connectivity index (χ0v) is 20.7. The summed E-state index contributed by atoms with van der Waals surface area (Å²) in [6, 6.07) is 21.3. The molecule has 1 aliphatic heterocycles. The summed E-state index contributed by atoms with van der Waals surface area (Å²) >= 11 is 0. The molecule has 3 aromatic carbocycles. The van der Waals surface area contributed by atoms with Gasteiger partial charge < -0.3 is 14.4 Å². The summed E-state index contributed by atoms with van der Waals surface area (Å²) in [6.45, 7) is 0.235. The first-order valence-electron chi connectivity index (χ1n) is 12.5. The van der Waals surface area contributed by atoms with E-state index in [1.165, 1.54) is 30.5 Å². The molecule has 9 heteroatoms. The molecule has 0 radical (unpaired) electrons. The van der Waals surface area contributed by atoms with E-state index in [0.717, 1.165) is 16.7 Å². The van der Waals surface area contributed by atoms with Crippen LogP contribution in [0.3, 0.4) is 0 Å². The molecule has 1 aliphatic rings. The van der Waals surface area contributed by atoms with Gasteiger partial charge in [0.1, 0.15) is 23.9 Å². The molecule has 1 N–H and O–H groups in total. The summed E-state index contributed by atoms with van der Waals surface area (Å²) in [5.41, 5.74) is 2.97. The van der Waals surface area contributed by atoms with Crippen LogP contribution in [0.5, 0.6) is 5.75 Å². The van der Waals surface area contributed by atoms with Gasteiger partial charge >= 0.3 is 0 Å². The Labute approximate surface area is 222 Å². The van der Waals surface area contributed by atoms with Crippen molar-refractivity contribution in [2.45, 2.75) is 31.7 Å². The van der Waals surface area contributed by atoms with E-state index in [4.69, 9.17) is 4.74 Å². The van der Waals surface area contributed by atoms with Gasteiger partial charge in [0.15, 0.2) is 11.6 Å². The van der Waals surface area contributed by atoms with Crippen molar-refractivity contribution in [2.75, 3.05) is 0 Å². The predicted molar refractivity (Wildman–Crippen MR) is 140 cm³/mol. The Hall–Kier alpha value is -4.63. The van der Waals surface area contributed by atoms with Gasteiger partial charge in [-0.05, 0) is 41.0 Å². The second-order valence-electron chi connectivity index (χ2n) is 9.40. The second-order valence-corrected chi connectivity index (χ2v) is 9.40. The number of imidazole rings is 1. The average Bonchev–Trinajstić information content (AvgIpc) is 3.38. The van der Waals surface area contributed by atoms with Crippen LogP contribution in [-0.2, 0) is 19.8 Å². The monoisotopic (exact) mass is 526 g/mol. The number of hydrogen-bond acceptors (Lipinski definition) is 5. The van der Waals surface area contributed by atoms with E-state index in [2.05, 4.69) is 10.1 Å². The van der Waals surface area contributed by atoms with Crippen LogP contribution in [0, 0.1) is 11.6 Å². The quantitative estimate of drug-likeness (QED) is 0.328. The van der Waals surface area contributed by atoms with E-state index in [9.17, 15) is 18.7 Å². The third-order valence-electron chi connectivity index (χ3n) is 7.03. The van der Waals surface area contributed by atoms with E-state index in [1.54, 1.807) is 35.1 Å². The zero-order chi connectivity index (χ0) is 26.9. The van der Waals surface area contributed by atoms with Gasteiger partial charge in [-0.15, -0.1) is 0 Å². The summed E-state index contributed by atoms with van der Waals surface area (Å²) in [5.74, 6) is -0.631. The molecule has 0 fully saturated rings. The molecule has 39 heavy (non-hydrogen) atoms. The fourth-order valence-electron chi connectivity index (χ4n) is 5.19. The highest BCUT2D eigenvalue weighted by molar-refractivity contribution is 5.62. The molecule has 1 atom stereocenters. The van der Waals surface area contributed by atoms with Crippen LogP contribution in [0.2, 0.25) is 0 Å². The van der Waals surface area contributed by atoms with Crippen LogP contribution < -0.4 is 10.2 Å². The van der Waals surface area contributed by atoms with Crippen LogP contribution in [0.4, 0.5) is 8.78 Å². The lowest BCUT2D eigenvalue weighted by Crippen LogP contribution is -2.33. The Morgan fingerprint density at radius 1 is 0.923 bits per heavy atom. The molecule has 0 saturated carbocycles. The molecular weight excluding hydrogens is 502 g/mol. The van der Waals surface area contributed by atoms with Crippen LogP contribution >= 0.6 is 0 Å². The highest BCUT2D eigenvalue weighted by Gasteiger charge is 2.37. The SMILES string of the molecule is O=c1cnn2c(c1OCc1ccccc1)-c1ncc(CO)n1C[C@@H]2C(c1ccc(F)cc1)c1ccc(F)cc1. The molecule has 0 bridgehead atoms. The number of halogens is 2. The molecule has 0 unspecified atom stereocenters. The number of aliphatic hydroxyl groups excluding tert-OH is 1. The fourth-order valence-corrected chi connectivity index (χ4v) is 5.19. The van der Waals surface area contributed by atoms with Crippen molar-refractivity contribution >= 4 is 0 Å². The summed E-state index contributed by atoms with van der Waals surface area (Å²) < 4.78 is 37.5. The Kier molecular flexibility index (Phi) is 6.50. The summed E-state index contributed by atoms with van der Waals surface area (Å²) in [7, 11) is 0. The van der Waals surface area contributed by atoms with E-state index < -0.39 is 17.4 Å². The highest BCUT2D eigenvalue weighted by Crippen LogP contribution is 2.43. The Morgan fingerprint density at radius 3 is 2.18 bits per heavy atom. The second kappa shape index (κ2) is 10.3. The van der Waals surface area contributed by atoms with Crippen LogP contribution in [0.25, 0.3) is 11.5 Å². The summed E-state index contributed by atoms with van der Waals surface area (Å²) in [4.78, 5) is 17.6. The predicted octanol–water partition coefficient (Wildman–Crippen LogP) is 4.84. The van der Waals surface area contributed by atoms with Gasteiger partial charge in [0.25, 0.3) is 0 Å². The molecule has 6 rings (SSSR count). The van der Waals surface area contributed by atoms with Gasteiger partial charge in [0, 0.05) is 12.5 Å². The molecule has 0 amide bonds. The molecule has 0 saturated heterocycles. The van der Waals surface area contributed by atoms with Gasteiger partial charge in [-0.25, -0.2) is 13.8 Å². The number of nitrogens with zero attached hydrogens (tertiary/aromatic N) is 4. The molecular formula is C30H24F2N4O3. The minimum Gasteiger partial charge on any atom is -0.483 e. The van der Waals surface area contributed by atoms with Gasteiger partial charge in [0.05, 0.1) is 30.7 Å². The highest BCUT2D eigenvalue weighted by atomic mass is 19.1. The summed E-state index contributed by atoms with van der Waals surface area (Å²) in [6.07, 6.45) is 2.78. The molecule has 7 nitrogen and oxygen atoms in total. The third kappa shape index (κ3) is 4.61. The maximum Gasteiger partial charge on any atom is 0.242 e. The Bertz CT molecular complexity index is 1620. The lowest BCUT2D eigenvalue weighted by atomic mass is 9.84. The van der Waals surface area contributed by atoms with E-state index in [-0.39, 0.29) is 30.6 Å². The number of aliphatic hydroxyl groups is 1. The largest absolute Gasteiger partial charge is 0.483 e. The van der Waals surface area contributed by atoms with Gasteiger partial charge in [0.2, 0.25) is 5.43 Å². The minimum atomic E-state index is -0.456. The number of ether oxygens (including phenoxy) is 1. The van der Waals surface area contributed by atoms with Crippen LogP contribution in [-0.4, -0.2) is 24.4 Å². The first-order valence-corrected chi connectivity index (χ1v) is 12.5. The Balaban J connectivity index is 1.54. The lowest BCUT2D eigenvalue weighted by Gasteiger charge is -2.35. The number of aromatic nitrogens is 4. The molecule has 0 spiro atoms. The lowest BCUT2D eigenvalue weighted by molar-refractivity contribution is 0.257. The standard InChI is InChI=1S/C30H24F2N4O3/c31-22-10-6-20(7-11-22)27(21-8-12-23(32)13-9-21)25-16-35-24(17-37)14-33-30(35)28-29(26(38)15-34-36(25)28)39-18-19-4-2-1-3-5-19/h1-15,25,27,37H,16-18H2/t25-/m1/s1. The molecule has 196 valence electrons. The fraction of sp³-hybridized carbons (Fsp3) is 0.167.